The molecule has 0 atom stereocenters. The van der Waals surface area contributed by atoms with Gasteiger partial charge in [0.15, 0.2) is 0 Å². The highest BCUT2D eigenvalue weighted by atomic mass is 16.6. The van der Waals surface area contributed by atoms with Gasteiger partial charge in [0, 0.05) is 42.8 Å². The van der Waals surface area contributed by atoms with Crippen molar-refractivity contribution in [2.45, 2.75) is 12.8 Å². The summed E-state index contributed by atoms with van der Waals surface area (Å²) >= 11 is 0. The number of likely N-dealkylation sites (tertiary alicyclic amines) is 1. The number of rotatable bonds is 6. The van der Waals surface area contributed by atoms with Crippen molar-refractivity contribution in [1.82, 2.24) is 4.90 Å². The summed E-state index contributed by atoms with van der Waals surface area (Å²) < 4.78 is 10.5. The van der Waals surface area contributed by atoms with Crippen LogP contribution in [-0.4, -0.2) is 48.9 Å². The summed E-state index contributed by atoms with van der Waals surface area (Å²) in [6.07, 6.45) is 1.06. The highest BCUT2D eigenvalue weighted by Crippen LogP contribution is 2.30. The Morgan fingerprint density at radius 1 is 1.07 bits per heavy atom. The number of non-ortho nitro benzene ring substituents is 1. The number of carbonyl (C=O) groups excluding carboxylic acids is 2. The number of nitro benzene ring substituents is 1. The van der Waals surface area contributed by atoms with Crippen molar-refractivity contribution in [2.24, 2.45) is 5.92 Å². The zero-order valence-corrected chi connectivity index (χ0v) is 16.8. The Balaban J connectivity index is 1.58. The van der Waals surface area contributed by atoms with Crippen molar-refractivity contribution >= 4 is 23.2 Å². The number of hydrogen-bond acceptors (Lipinski definition) is 6. The molecule has 3 rings (SSSR count). The Kier molecular flexibility index (Phi) is 6.51. The quantitative estimate of drug-likeness (QED) is 0.575. The van der Waals surface area contributed by atoms with E-state index in [4.69, 9.17) is 9.47 Å². The molecule has 1 heterocycles. The molecule has 2 amide bonds. The van der Waals surface area contributed by atoms with Gasteiger partial charge in [-0.25, -0.2) is 0 Å². The number of nitrogens with one attached hydrogen (secondary N) is 1. The van der Waals surface area contributed by atoms with Gasteiger partial charge in [-0.2, -0.15) is 0 Å². The highest BCUT2D eigenvalue weighted by molar-refractivity contribution is 5.96. The fraction of sp³-hybridized carbons (Fsp3) is 0.333. The summed E-state index contributed by atoms with van der Waals surface area (Å²) in [4.78, 5) is 37.2. The number of nitro groups is 1. The summed E-state index contributed by atoms with van der Waals surface area (Å²) in [5, 5.41) is 13.6. The molecule has 0 radical (unpaired) electrons. The second-order valence-electron chi connectivity index (χ2n) is 6.93. The number of benzene rings is 2. The van der Waals surface area contributed by atoms with Gasteiger partial charge in [-0.05, 0) is 37.1 Å². The smallest absolute Gasteiger partial charge is 0.269 e. The summed E-state index contributed by atoms with van der Waals surface area (Å²) in [6.45, 7) is 0.876. The molecule has 0 aliphatic carbocycles. The number of hydrogen-bond donors (Lipinski definition) is 1. The van der Waals surface area contributed by atoms with Crippen molar-refractivity contribution in [3.63, 3.8) is 0 Å². The van der Waals surface area contributed by atoms with Gasteiger partial charge in [0.1, 0.15) is 11.5 Å². The predicted molar refractivity (Wildman–Crippen MR) is 110 cm³/mol. The molecule has 2 aromatic rings. The largest absolute Gasteiger partial charge is 0.497 e. The van der Waals surface area contributed by atoms with Crippen LogP contribution in [0.3, 0.4) is 0 Å². The molecule has 0 aromatic heterocycles. The molecule has 1 aliphatic heterocycles. The Morgan fingerprint density at radius 2 is 1.73 bits per heavy atom. The molecule has 1 saturated heterocycles. The number of nitrogens with zero attached hydrogens (tertiary/aromatic N) is 2. The SMILES string of the molecule is COc1ccc(NC(=O)C2CCN(C(=O)c3ccc([N+](=O)[O-])cc3)CC2)c(OC)c1. The van der Waals surface area contributed by atoms with Crippen LogP contribution in [-0.2, 0) is 4.79 Å². The topological polar surface area (TPSA) is 111 Å². The van der Waals surface area contributed by atoms with Gasteiger partial charge in [-0.1, -0.05) is 0 Å². The van der Waals surface area contributed by atoms with Gasteiger partial charge in [-0.15, -0.1) is 0 Å². The summed E-state index contributed by atoms with van der Waals surface area (Å²) in [7, 11) is 3.07. The van der Waals surface area contributed by atoms with Crippen LogP contribution < -0.4 is 14.8 Å². The zero-order valence-electron chi connectivity index (χ0n) is 16.8. The number of ether oxygens (including phenoxy) is 2. The first-order valence-corrected chi connectivity index (χ1v) is 9.49. The minimum absolute atomic E-state index is 0.0594. The molecule has 1 fully saturated rings. The molecular formula is C21H23N3O6. The third kappa shape index (κ3) is 4.68. The molecular weight excluding hydrogens is 390 g/mol. The number of amides is 2. The van der Waals surface area contributed by atoms with Gasteiger partial charge in [-0.3, -0.25) is 19.7 Å². The lowest BCUT2D eigenvalue weighted by Gasteiger charge is -2.31. The number of anilines is 1. The van der Waals surface area contributed by atoms with Crippen LogP contribution in [0.2, 0.25) is 0 Å². The molecule has 1 aliphatic rings. The number of methoxy groups -OCH3 is 2. The molecule has 158 valence electrons. The van der Waals surface area contributed by atoms with Crippen LogP contribution in [0.1, 0.15) is 23.2 Å². The van der Waals surface area contributed by atoms with E-state index in [0.29, 0.717) is 48.7 Å². The summed E-state index contributed by atoms with van der Waals surface area (Å²) in [6, 6.07) is 10.7. The predicted octanol–water partition coefficient (Wildman–Crippen LogP) is 3.10. The Hall–Kier alpha value is -3.62. The molecule has 0 saturated carbocycles. The van der Waals surface area contributed by atoms with Gasteiger partial charge in [0.25, 0.3) is 11.6 Å². The van der Waals surface area contributed by atoms with E-state index < -0.39 is 4.92 Å². The molecule has 0 bridgehead atoms. The van der Waals surface area contributed by atoms with Crippen LogP contribution in [0, 0.1) is 16.0 Å². The Morgan fingerprint density at radius 3 is 2.30 bits per heavy atom. The molecule has 0 unspecified atom stereocenters. The first-order chi connectivity index (χ1) is 14.4. The average molecular weight is 413 g/mol. The van der Waals surface area contributed by atoms with E-state index in [1.54, 1.807) is 30.2 Å². The lowest BCUT2D eigenvalue weighted by atomic mass is 9.95. The third-order valence-electron chi connectivity index (χ3n) is 5.14. The van der Waals surface area contributed by atoms with Crippen LogP contribution in [0.25, 0.3) is 0 Å². The van der Waals surface area contributed by atoms with Gasteiger partial charge < -0.3 is 19.7 Å². The van der Waals surface area contributed by atoms with E-state index in [9.17, 15) is 19.7 Å². The first-order valence-electron chi connectivity index (χ1n) is 9.49. The van der Waals surface area contributed by atoms with Crippen LogP contribution in [0.4, 0.5) is 11.4 Å². The fourth-order valence-corrected chi connectivity index (χ4v) is 3.39. The van der Waals surface area contributed by atoms with E-state index in [0.717, 1.165) is 0 Å². The van der Waals surface area contributed by atoms with Crippen molar-refractivity contribution in [3.05, 3.63) is 58.1 Å². The minimum Gasteiger partial charge on any atom is -0.497 e. The summed E-state index contributed by atoms with van der Waals surface area (Å²) in [5.41, 5.74) is 0.898. The van der Waals surface area contributed by atoms with E-state index >= 15 is 0 Å². The van der Waals surface area contributed by atoms with Crippen molar-refractivity contribution in [1.29, 1.82) is 0 Å². The molecule has 1 N–H and O–H groups in total. The lowest BCUT2D eigenvalue weighted by molar-refractivity contribution is -0.384. The fourth-order valence-electron chi connectivity index (χ4n) is 3.39. The highest BCUT2D eigenvalue weighted by Gasteiger charge is 2.28. The van der Waals surface area contributed by atoms with Crippen molar-refractivity contribution in [3.8, 4) is 11.5 Å². The normalized spacial score (nSPS) is 14.1. The van der Waals surface area contributed by atoms with E-state index in [2.05, 4.69) is 5.32 Å². The average Bonchev–Trinajstić information content (AvgIpc) is 2.79. The number of piperidine rings is 1. The van der Waals surface area contributed by atoms with E-state index in [1.165, 1.54) is 31.4 Å². The molecule has 0 spiro atoms. The summed E-state index contributed by atoms with van der Waals surface area (Å²) in [5.74, 6) is 0.593. The zero-order chi connectivity index (χ0) is 21.7. The third-order valence-corrected chi connectivity index (χ3v) is 5.14. The van der Waals surface area contributed by atoms with Gasteiger partial charge >= 0.3 is 0 Å². The van der Waals surface area contributed by atoms with Crippen LogP contribution in [0.5, 0.6) is 11.5 Å². The number of carbonyl (C=O) groups is 2. The minimum atomic E-state index is -0.504. The van der Waals surface area contributed by atoms with Crippen molar-refractivity contribution < 1.29 is 24.0 Å². The Labute approximate surface area is 173 Å². The maximum atomic E-state index is 12.7. The standard InChI is InChI=1S/C21H23N3O6/c1-29-17-7-8-18(19(13-17)30-2)22-20(25)14-9-11-23(12-10-14)21(26)15-3-5-16(6-4-15)24(27)28/h3-8,13-14H,9-12H2,1-2H3,(H,22,25). The lowest BCUT2D eigenvalue weighted by Crippen LogP contribution is -2.41. The second kappa shape index (κ2) is 9.25. The van der Waals surface area contributed by atoms with Gasteiger partial charge in [0.2, 0.25) is 5.91 Å². The molecule has 30 heavy (non-hydrogen) atoms. The molecule has 9 nitrogen and oxygen atoms in total. The second-order valence-corrected chi connectivity index (χ2v) is 6.93. The maximum Gasteiger partial charge on any atom is 0.269 e. The van der Waals surface area contributed by atoms with Crippen LogP contribution in [0.15, 0.2) is 42.5 Å². The van der Waals surface area contributed by atoms with Crippen LogP contribution >= 0.6 is 0 Å². The van der Waals surface area contributed by atoms with E-state index in [-0.39, 0.29) is 23.4 Å². The maximum absolute atomic E-state index is 12.7. The first kappa shape index (κ1) is 21.1. The van der Waals surface area contributed by atoms with Crippen molar-refractivity contribution in [2.75, 3.05) is 32.6 Å². The monoisotopic (exact) mass is 413 g/mol. The molecule has 2 aromatic carbocycles. The molecule has 9 heteroatoms. The van der Waals surface area contributed by atoms with Gasteiger partial charge in [0.05, 0.1) is 24.8 Å². The Bertz CT molecular complexity index is 936. The van der Waals surface area contributed by atoms with E-state index in [1.807, 2.05) is 0 Å².